The Bertz CT molecular complexity index is 380. The second kappa shape index (κ2) is 6.11. The van der Waals surface area contributed by atoms with E-state index in [9.17, 15) is 13.9 Å². The molecule has 1 N–H and O–H groups in total. The maximum absolute atomic E-state index is 13.2. The maximum Gasteiger partial charge on any atom is 0.173 e. The Morgan fingerprint density at radius 2 is 2.12 bits per heavy atom. The van der Waals surface area contributed by atoms with E-state index in [1.165, 1.54) is 6.07 Å². The van der Waals surface area contributed by atoms with Crippen LogP contribution >= 0.6 is 15.9 Å². The number of hydrogen-bond donors (Lipinski definition) is 1. The molecule has 0 bridgehead atoms. The van der Waals surface area contributed by atoms with Crippen molar-refractivity contribution in [1.82, 2.24) is 0 Å². The summed E-state index contributed by atoms with van der Waals surface area (Å²) in [5.41, 5.74) is 0.378. The van der Waals surface area contributed by atoms with Crippen LogP contribution in [0, 0.1) is 11.6 Å². The third-order valence-corrected chi connectivity index (χ3v) is 3.12. The fourth-order valence-corrected chi connectivity index (χ4v) is 2.00. The Labute approximate surface area is 102 Å². The number of halogens is 3. The lowest BCUT2D eigenvalue weighted by molar-refractivity contribution is 0.163. The highest BCUT2D eigenvalue weighted by molar-refractivity contribution is 9.10. The zero-order valence-electron chi connectivity index (χ0n) is 8.72. The van der Waals surface area contributed by atoms with Crippen LogP contribution in [0.3, 0.4) is 0 Å². The molecule has 0 aliphatic carbocycles. The van der Waals surface area contributed by atoms with Gasteiger partial charge in [0.1, 0.15) is 0 Å². The van der Waals surface area contributed by atoms with Gasteiger partial charge in [-0.25, -0.2) is 8.78 Å². The van der Waals surface area contributed by atoms with Gasteiger partial charge in [0.05, 0.1) is 10.6 Å². The lowest BCUT2D eigenvalue weighted by Crippen LogP contribution is -2.01. The van der Waals surface area contributed by atoms with Crippen molar-refractivity contribution in [1.29, 1.82) is 0 Å². The number of aliphatic hydroxyl groups excluding tert-OH is 1. The van der Waals surface area contributed by atoms with Gasteiger partial charge in [-0.1, -0.05) is 12.1 Å². The van der Waals surface area contributed by atoms with Gasteiger partial charge < -0.3 is 5.11 Å². The molecule has 0 amide bonds. The summed E-state index contributed by atoms with van der Waals surface area (Å²) >= 11 is 2.95. The average molecular weight is 291 g/mol. The normalized spacial score (nSPS) is 12.5. The number of hydrogen-bond acceptors (Lipinski definition) is 1. The van der Waals surface area contributed by atoms with Gasteiger partial charge in [0.2, 0.25) is 0 Å². The zero-order valence-corrected chi connectivity index (χ0v) is 10.3. The smallest absolute Gasteiger partial charge is 0.173 e. The van der Waals surface area contributed by atoms with Crippen molar-refractivity contribution in [3.63, 3.8) is 0 Å². The fourth-order valence-electron chi connectivity index (χ4n) is 1.41. The lowest BCUT2D eigenvalue weighted by Gasteiger charge is -2.13. The quantitative estimate of drug-likeness (QED) is 0.491. The van der Waals surface area contributed by atoms with Gasteiger partial charge in [0, 0.05) is 0 Å². The monoisotopic (exact) mass is 290 g/mol. The third kappa shape index (κ3) is 3.12. The molecule has 0 radical (unpaired) electrons. The summed E-state index contributed by atoms with van der Waals surface area (Å²) in [6.45, 7) is 3.57. The van der Waals surface area contributed by atoms with Crippen molar-refractivity contribution >= 4 is 15.9 Å². The second-order valence-corrected chi connectivity index (χ2v) is 4.29. The fraction of sp³-hybridized carbons (Fsp3) is 0.333. The van der Waals surface area contributed by atoms with E-state index >= 15 is 0 Å². The lowest BCUT2D eigenvalue weighted by atomic mass is 10.0. The molecular formula is C12H13BrF2O. The van der Waals surface area contributed by atoms with E-state index in [1.807, 2.05) is 0 Å². The van der Waals surface area contributed by atoms with Gasteiger partial charge in [-0.2, -0.15) is 0 Å². The van der Waals surface area contributed by atoms with Crippen molar-refractivity contribution in [2.24, 2.45) is 0 Å². The molecule has 0 fully saturated rings. The van der Waals surface area contributed by atoms with Crippen LogP contribution in [0.2, 0.25) is 0 Å². The first-order valence-electron chi connectivity index (χ1n) is 5.00. The van der Waals surface area contributed by atoms with Gasteiger partial charge in [0.15, 0.2) is 11.6 Å². The van der Waals surface area contributed by atoms with Crippen molar-refractivity contribution in [2.75, 3.05) is 0 Å². The maximum atomic E-state index is 13.2. The summed E-state index contributed by atoms with van der Waals surface area (Å²) in [6, 6.07) is 2.41. The number of allylic oxidation sites excluding steroid dienone is 1. The number of unbranched alkanes of at least 4 members (excludes halogenated alkanes) is 1. The molecule has 0 aliphatic rings. The van der Waals surface area contributed by atoms with E-state index in [0.29, 0.717) is 12.0 Å². The number of aliphatic hydroxyl groups is 1. The predicted octanol–water partition coefficient (Wildman–Crippen LogP) is 4.12. The topological polar surface area (TPSA) is 20.2 Å². The molecule has 1 rings (SSSR count). The first-order valence-corrected chi connectivity index (χ1v) is 5.79. The molecular weight excluding hydrogens is 278 g/mol. The minimum absolute atomic E-state index is 0.00129. The van der Waals surface area contributed by atoms with Gasteiger partial charge in [0.25, 0.3) is 0 Å². The molecule has 0 spiro atoms. The molecule has 1 unspecified atom stereocenters. The summed E-state index contributed by atoms with van der Waals surface area (Å²) in [5, 5.41) is 9.79. The minimum Gasteiger partial charge on any atom is -0.388 e. The summed E-state index contributed by atoms with van der Waals surface area (Å²) in [6.07, 6.45) is 3.02. The highest BCUT2D eigenvalue weighted by Crippen LogP contribution is 2.30. The molecule has 1 nitrogen and oxygen atoms in total. The number of benzene rings is 1. The van der Waals surface area contributed by atoms with Crippen LogP contribution in [0.25, 0.3) is 0 Å². The molecule has 0 saturated carbocycles. The Morgan fingerprint density at radius 1 is 1.44 bits per heavy atom. The molecule has 0 heterocycles. The van der Waals surface area contributed by atoms with Crippen LogP contribution in [-0.2, 0) is 0 Å². The van der Waals surface area contributed by atoms with Crippen molar-refractivity contribution in [3.8, 4) is 0 Å². The second-order valence-electron chi connectivity index (χ2n) is 3.50. The third-order valence-electron chi connectivity index (χ3n) is 2.31. The van der Waals surface area contributed by atoms with Gasteiger partial charge in [-0.05, 0) is 46.8 Å². The molecule has 88 valence electrons. The standard InChI is InChI=1S/C12H13BrF2O/c1-2-3-4-5-10(16)8-6-7-9(14)12(15)11(8)13/h2,6-7,10,16H,1,3-5H2. The van der Waals surface area contributed by atoms with Crippen molar-refractivity contribution in [2.45, 2.75) is 25.4 Å². The largest absolute Gasteiger partial charge is 0.388 e. The average Bonchev–Trinajstić information content (AvgIpc) is 2.26. The van der Waals surface area contributed by atoms with E-state index in [2.05, 4.69) is 22.5 Å². The molecule has 16 heavy (non-hydrogen) atoms. The molecule has 1 atom stereocenters. The van der Waals surface area contributed by atoms with Gasteiger partial charge >= 0.3 is 0 Å². The summed E-state index contributed by atoms with van der Waals surface area (Å²) in [7, 11) is 0. The van der Waals surface area contributed by atoms with Crippen LogP contribution in [0.5, 0.6) is 0 Å². The molecule has 0 saturated heterocycles. The Balaban J connectivity index is 2.79. The summed E-state index contributed by atoms with van der Waals surface area (Å²) in [5.74, 6) is -1.88. The first kappa shape index (κ1) is 13.3. The van der Waals surface area contributed by atoms with Crippen LogP contribution in [0.4, 0.5) is 8.78 Å². The molecule has 4 heteroatoms. The minimum atomic E-state index is -0.958. The summed E-state index contributed by atoms with van der Waals surface area (Å²) in [4.78, 5) is 0. The van der Waals surface area contributed by atoms with Gasteiger partial charge in [-0.3, -0.25) is 0 Å². The van der Waals surface area contributed by atoms with Crippen LogP contribution < -0.4 is 0 Å². The molecule has 1 aromatic rings. The molecule has 0 aliphatic heterocycles. The number of rotatable bonds is 5. The molecule has 0 aromatic heterocycles. The van der Waals surface area contributed by atoms with Gasteiger partial charge in [-0.15, -0.1) is 6.58 Å². The van der Waals surface area contributed by atoms with Crippen molar-refractivity contribution in [3.05, 3.63) is 46.5 Å². The SMILES string of the molecule is C=CCCCC(O)c1ccc(F)c(F)c1Br. The van der Waals surface area contributed by atoms with E-state index in [1.54, 1.807) is 6.08 Å². The van der Waals surface area contributed by atoms with Crippen LogP contribution in [-0.4, -0.2) is 5.11 Å². The van der Waals surface area contributed by atoms with Crippen LogP contribution in [0.15, 0.2) is 29.3 Å². The van der Waals surface area contributed by atoms with E-state index in [-0.39, 0.29) is 4.47 Å². The van der Waals surface area contributed by atoms with E-state index < -0.39 is 17.7 Å². The summed E-state index contributed by atoms with van der Waals surface area (Å²) < 4.78 is 26.0. The highest BCUT2D eigenvalue weighted by atomic mass is 79.9. The Kier molecular flexibility index (Phi) is 5.09. The Hall–Kier alpha value is -0.740. The first-order chi connectivity index (χ1) is 7.57. The highest BCUT2D eigenvalue weighted by Gasteiger charge is 2.16. The van der Waals surface area contributed by atoms with Crippen molar-refractivity contribution < 1.29 is 13.9 Å². The zero-order chi connectivity index (χ0) is 12.1. The predicted molar refractivity (Wildman–Crippen MR) is 63.1 cm³/mol. The molecule has 1 aromatic carbocycles. The van der Waals surface area contributed by atoms with E-state index in [0.717, 1.165) is 18.9 Å². The van der Waals surface area contributed by atoms with E-state index in [4.69, 9.17) is 0 Å². The Morgan fingerprint density at radius 3 is 2.75 bits per heavy atom. The van der Waals surface area contributed by atoms with Crippen LogP contribution in [0.1, 0.15) is 30.9 Å².